The number of amides is 1. The summed E-state index contributed by atoms with van der Waals surface area (Å²) in [6.07, 6.45) is 1.21. The van der Waals surface area contributed by atoms with Gasteiger partial charge in [-0.1, -0.05) is 23.9 Å². The van der Waals surface area contributed by atoms with Gasteiger partial charge in [0.15, 0.2) is 0 Å². The first-order chi connectivity index (χ1) is 12.2. The Morgan fingerprint density at radius 3 is 2.15 bits per heavy atom. The van der Waals surface area contributed by atoms with Crippen LogP contribution < -0.4 is 11.1 Å². The molecule has 0 aromatic heterocycles. The molecule has 0 aliphatic carbocycles. The molecular formula is C18H22ClFN2O3S2. The Kier molecular flexibility index (Phi) is 9.25. The molecule has 0 saturated heterocycles. The maximum Gasteiger partial charge on any atom is 0.237 e. The number of carbonyl (C=O) groups excluding carboxylic acids is 1. The first-order valence-corrected chi connectivity index (χ1v) is 10.8. The van der Waals surface area contributed by atoms with Crippen LogP contribution in [0.4, 0.5) is 4.39 Å². The molecule has 27 heavy (non-hydrogen) atoms. The quantitative estimate of drug-likeness (QED) is 0.669. The minimum absolute atomic E-state index is 0. The number of sulfone groups is 1. The molecule has 5 nitrogen and oxygen atoms in total. The van der Waals surface area contributed by atoms with Crippen LogP contribution in [0.3, 0.4) is 0 Å². The Labute approximate surface area is 169 Å². The molecule has 3 N–H and O–H groups in total. The van der Waals surface area contributed by atoms with Gasteiger partial charge in [0.05, 0.1) is 11.8 Å². The van der Waals surface area contributed by atoms with Crippen molar-refractivity contribution in [3.8, 4) is 0 Å². The highest BCUT2D eigenvalue weighted by molar-refractivity contribution is 7.99. The zero-order valence-corrected chi connectivity index (χ0v) is 17.2. The summed E-state index contributed by atoms with van der Waals surface area (Å²) in [6, 6.07) is 13.0. The van der Waals surface area contributed by atoms with E-state index in [4.69, 9.17) is 5.73 Å². The lowest BCUT2D eigenvalue weighted by Gasteiger charge is -2.12. The molecular weight excluding hydrogens is 411 g/mol. The molecule has 2 aromatic carbocycles. The minimum Gasteiger partial charge on any atom is -0.351 e. The third-order valence-electron chi connectivity index (χ3n) is 3.58. The van der Waals surface area contributed by atoms with Crippen molar-refractivity contribution in [2.24, 2.45) is 5.73 Å². The third kappa shape index (κ3) is 8.75. The first-order valence-electron chi connectivity index (χ1n) is 7.96. The molecule has 0 saturated carbocycles. The van der Waals surface area contributed by atoms with Gasteiger partial charge >= 0.3 is 0 Å². The Bertz CT molecular complexity index is 844. The molecule has 148 valence electrons. The number of hydrogen-bond donors (Lipinski definition) is 2. The second-order valence-electron chi connectivity index (χ2n) is 5.94. The van der Waals surface area contributed by atoms with Crippen LogP contribution in [0.15, 0.2) is 58.3 Å². The van der Waals surface area contributed by atoms with Crippen LogP contribution in [0.2, 0.25) is 0 Å². The lowest BCUT2D eigenvalue weighted by atomic mass is 10.2. The second kappa shape index (κ2) is 10.7. The SMILES string of the molecule is CS(=O)(=O)CCC(N)C(=O)NCc1ccc(Sc2ccc(F)cc2)cc1.Cl. The van der Waals surface area contributed by atoms with Gasteiger partial charge in [0, 0.05) is 22.6 Å². The monoisotopic (exact) mass is 432 g/mol. The van der Waals surface area contributed by atoms with Crippen molar-refractivity contribution in [2.45, 2.75) is 28.8 Å². The summed E-state index contributed by atoms with van der Waals surface area (Å²) in [7, 11) is -3.14. The van der Waals surface area contributed by atoms with Crippen LogP contribution in [0, 0.1) is 5.82 Å². The van der Waals surface area contributed by atoms with Gasteiger partial charge in [-0.15, -0.1) is 12.4 Å². The zero-order chi connectivity index (χ0) is 19.2. The van der Waals surface area contributed by atoms with Gasteiger partial charge in [-0.2, -0.15) is 0 Å². The molecule has 0 spiro atoms. The highest BCUT2D eigenvalue weighted by Crippen LogP contribution is 2.27. The normalized spacial score (nSPS) is 12.1. The summed E-state index contributed by atoms with van der Waals surface area (Å²) in [6.45, 7) is 0.312. The van der Waals surface area contributed by atoms with Crippen molar-refractivity contribution >= 4 is 39.9 Å². The van der Waals surface area contributed by atoms with Crippen molar-refractivity contribution in [1.29, 1.82) is 0 Å². The summed E-state index contributed by atoms with van der Waals surface area (Å²) in [5, 5.41) is 2.70. The van der Waals surface area contributed by atoms with E-state index in [1.165, 1.54) is 23.9 Å². The van der Waals surface area contributed by atoms with Crippen molar-refractivity contribution in [3.05, 3.63) is 59.9 Å². The maximum absolute atomic E-state index is 12.9. The standard InChI is InChI=1S/C18H21FN2O3S2.ClH/c1-26(23,24)11-10-17(20)18(22)21-12-13-2-6-15(7-3-13)25-16-8-4-14(19)5-9-16;/h2-9,17H,10-12,20H2,1H3,(H,21,22);1H. The molecule has 0 aliphatic rings. The summed E-state index contributed by atoms with van der Waals surface area (Å²) >= 11 is 1.51. The van der Waals surface area contributed by atoms with Crippen molar-refractivity contribution < 1.29 is 17.6 Å². The van der Waals surface area contributed by atoms with Crippen LogP contribution in [0.25, 0.3) is 0 Å². The lowest BCUT2D eigenvalue weighted by Crippen LogP contribution is -2.41. The average molecular weight is 433 g/mol. The summed E-state index contributed by atoms with van der Waals surface area (Å²) in [5.41, 5.74) is 6.60. The number of halogens is 2. The van der Waals surface area contributed by atoms with Gasteiger partial charge in [0.25, 0.3) is 0 Å². The number of nitrogens with two attached hydrogens (primary N) is 1. The van der Waals surface area contributed by atoms with E-state index in [0.717, 1.165) is 21.6 Å². The Morgan fingerprint density at radius 2 is 1.63 bits per heavy atom. The second-order valence-corrected chi connectivity index (χ2v) is 9.35. The molecule has 0 fully saturated rings. The fourth-order valence-corrected chi connectivity index (χ4v) is 3.61. The zero-order valence-electron chi connectivity index (χ0n) is 14.7. The smallest absolute Gasteiger partial charge is 0.237 e. The van der Waals surface area contributed by atoms with Crippen LogP contribution in [0.5, 0.6) is 0 Å². The molecule has 0 bridgehead atoms. The third-order valence-corrected chi connectivity index (χ3v) is 5.57. The number of rotatable bonds is 8. The number of benzene rings is 2. The summed E-state index contributed by atoms with van der Waals surface area (Å²) < 4.78 is 35.1. The minimum atomic E-state index is -3.14. The fourth-order valence-electron chi connectivity index (χ4n) is 2.11. The Balaban J connectivity index is 0.00000364. The predicted molar refractivity (Wildman–Crippen MR) is 108 cm³/mol. The van der Waals surface area contributed by atoms with Crippen LogP contribution in [-0.4, -0.2) is 32.4 Å². The van der Waals surface area contributed by atoms with E-state index < -0.39 is 15.9 Å². The van der Waals surface area contributed by atoms with Crippen LogP contribution in [0.1, 0.15) is 12.0 Å². The van der Waals surface area contributed by atoms with E-state index in [1.54, 1.807) is 12.1 Å². The van der Waals surface area contributed by atoms with Gasteiger partial charge in [-0.25, -0.2) is 12.8 Å². The molecule has 0 aliphatic heterocycles. The number of nitrogens with one attached hydrogen (secondary N) is 1. The predicted octanol–water partition coefficient (Wildman–Crippen LogP) is 2.78. The molecule has 1 amide bonds. The largest absolute Gasteiger partial charge is 0.351 e. The number of hydrogen-bond acceptors (Lipinski definition) is 5. The van der Waals surface area contributed by atoms with Crippen LogP contribution >= 0.6 is 24.2 Å². The Morgan fingerprint density at radius 1 is 1.11 bits per heavy atom. The molecule has 0 heterocycles. The lowest BCUT2D eigenvalue weighted by molar-refractivity contribution is -0.122. The molecule has 1 atom stereocenters. The molecule has 9 heteroatoms. The van der Waals surface area contributed by atoms with Gasteiger partial charge < -0.3 is 11.1 Å². The van der Waals surface area contributed by atoms with Crippen molar-refractivity contribution in [2.75, 3.05) is 12.0 Å². The van der Waals surface area contributed by atoms with E-state index in [9.17, 15) is 17.6 Å². The van der Waals surface area contributed by atoms with E-state index >= 15 is 0 Å². The highest BCUT2D eigenvalue weighted by atomic mass is 35.5. The molecule has 2 aromatic rings. The van der Waals surface area contributed by atoms with Gasteiger partial charge in [0.2, 0.25) is 5.91 Å². The van der Waals surface area contributed by atoms with E-state index in [-0.39, 0.29) is 36.3 Å². The number of carbonyl (C=O) groups is 1. The summed E-state index contributed by atoms with van der Waals surface area (Å²) in [5.74, 6) is -0.759. The topological polar surface area (TPSA) is 89.3 Å². The van der Waals surface area contributed by atoms with E-state index in [2.05, 4.69) is 5.32 Å². The van der Waals surface area contributed by atoms with Gasteiger partial charge in [-0.05, 0) is 48.4 Å². The molecule has 0 radical (unpaired) electrons. The van der Waals surface area contributed by atoms with Gasteiger partial charge in [0.1, 0.15) is 15.7 Å². The van der Waals surface area contributed by atoms with Crippen LogP contribution in [-0.2, 0) is 21.2 Å². The van der Waals surface area contributed by atoms with Gasteiger partial charge in [-0.3, -0.25) is 4.79 Å². The van der Waals surface area contributed by atoms with Crippen molar-refractivity contribution in [1.82, 2.24) is 5.32 Å². The van der Waals surface area contributed by atoms with E-state index in [0.29, 0.717) is 6.54 Å². The molecule has 2 rings (SSSR count). The maximum atomic E-state index is 12.9. The first kappa shape index (κ1) is 23.4. The summed E-state index contributed by atoms with van der Waals surface area (Å²) in [4.78, 5) is 13.8. The fraction of sp³-hybridized carbons (Fsp3) is 0.278. The Hall–Kier alpha value is -1.61. The molecule has 1 unspecified atom stereocenters. The van der Waals surface area contributed by atoms with E-state index in [1.807, 2.05) is 24.3 Å². The highest BCUT2D eigenvalue weighted by Gasteiger charge is 2.15. The average Bonchev–Trinajstić information content (AvgIpc) is 2.60. The van der Waals surface area contributed by atoms with Crippen molar-refractivity contribution in [3.63, 3.8) is 0 Å².